The summed E-state index contributed by atoms with van der Waals surface area (Å²) in [7, 11) is -5.03. The first-order valence-corrected chi connectivity index (χ1v) is 7.62. The Labute approximate surface area is 123 Å². The Kier molecular flexibility index (Phi) is 3.15. The molecule has 0 atom stereocenters. The summed E-state index contributed by atoms with van der Waals surface area (Å²) in [5.41, 5.74) is -1.38. The Bertz CT molecular complexity index is 992. The average molecular weight is 326 g/mol. The quantitative estimate of drug-likeness (QED) is 0.537. The molecule has 1 N–H and O–H groups in total. The van der Waals surface area contributed by atoms with Crippen LogP contribution in [0.2, 0.25) is 0 Å². The first-order chi connectivity index (χ1) is 10.2. The standard InChI is InChI=1S/C15H9F3O3S/c16-15(17,18)13-6-5-11-7-9-3-1-2-4-10(9)8-12(11)14(13)22(19,20)21/h1-8H,(H,19,20,21). The van der Waals surface area contributed by atoms with E-state index in [-0.39, 0.29) is 5.39 Å². The van der Waals surface area contributed by atoms with E-state index >= 15 is 0 Å². The van der Waals surface area contributed by atoms with E-state index in [0.717, 1.165) is 5.39 Å². The molecule has 0 bridgehead atoms. The Hall–Kier alpha value is -2.12. The van der Waals surface area contributed by atoms with Crippen LogP contribution in [0.4, 0.5) is 13.2 Å². The highest BCUT2D eigenvalue weighted by Crippen LogP contribution is 2.39. The molecule has 22 heavy (non-hydrogen) atoms. The van der Waals surface area contributed by atoms with Gasteiger partial charge in [0.2, 0.25) is 0 Å². The Morgan fingerprint density at radius 3 is 2.00 bits per heavy atom. The number of hydrogen-bond donors (Lipinski definition) is 1. The van der Waals surface area contributed by atoms with Gasteiger partial charge in [-0.3, -0.25) is 4.55 Å². The van der Waals surface area contributed by atoms with Gasteiger partial charge in [-0.2, -0.15) is 21.6 Å². The van der Waals surface area contributed by atoms with Crippen LogP contribution < -0.4 is 0 Å². The zero-order valence-electron chi connectivity index (χ0n) is 10.9. The topological polar surface area (TPSA) is 54.4 Å². The van der Waals surface area contributed by atoms with Crippen LogP contribution in [-0.2, 0) is 16.3 Å². The zero-order chi connectivity index (χ0) is 16.1. The lowest BCUT2D eigenvalue weighted by molar-refractivity contribution is -0.139. The lowest BCUT2D eigenvalue weighted by Gasteiger charge is -2.14. The highest BCUT2D eigenvalue weighted by molar-refractivity contribution is 7.86. The summed E-state index contributed by atoms with van der Waals surface area (Å²) in [6, 6.07) is 11.7. The molecule has 0 amide bonds. The van der Waals surface area contributed by atoms with Gasteiger partial charge in [0.25, 0.3) is 10.1 Å². The van der Waals surface area contributed by atoms with Crippen LogP contribution in [0.1, 0.15) is 5.56 Å². The number of halogens is 3. The van der Waals surface area contributed by atoms with Crippen molar-refractivity contribution in [3.05, 3.63) is 54.1 Å². The van der Waals surface area contributed by atoms with E-state index in [2.05, 4.69) is 0 Å². The molecule has 0 aliphatic rings. The Balaban J connectivity index is 2.54. The SMILES string of the molecule is O=S(=O)(O)c1c(C(F)(F)F)ccc2cc3ccccc3cc12. The second kappa shape index (κ2) is 4.69. The maximum Gasteiger partial charge on any atom is 0.417 e. The molecule has 0 saturated heterocycles. The molecule has 3 aromatic carbocycles. The van der Waals surface area contributed by atoms with Gasteiger partial charge in [-0.15, -0.1) is 0 Å². The lowest BCUT2D eigenvalue weighted by Crippen LogP contribution is -2.13. The van der Waals surface area contributed by atoms with Crippen molar-refractivity contribution in [1.29, 1.82) is 0 Å². The van der Waals surface area contributed by atoms with E-state index in [1.807, 2.05) is 0 Å². The molecule has 0 aromatic heterocycles. The molecule has 0 fully saturated rings. The van der Waals surface area contributed by atoms with Crippen LogP contribution in [0.5, 0.6) is 0 Å². The Morgan fingerprint density at radius 1 is 0.864 bits per heavy atom. The van der Waals surface area contributed by atoms with Crippen LogP contribution in [0, 0.1) is 0 Å². The molecule has 0 heterocycles. The molecule has 0 aliphatic carbocycles. The fraction of sp³-hybridized carbons (Fsp3) is 0.0667. The highest BCUT2D eigenvalue weighted by Gasteiger charge is 2.37. The van der Waals surface area contributed by atoms with Crippen LogP contribution in [0.25, 0.3) is 21.5 Å². The van der Waals surface area contributed by atoms with Gasteiger partial charge in [0.05, 0.1) is 5.56 Å². The van der Waals surface area contributed by atoms with Crippen LogP contribution in [-0.4, -0.2) is 13.0 Å². The summed E-state index contributed by atoms with van der Waals surface area (Å²) in [5, 5.41) is 1.49. The Morgan fingerprint density at radius 2 is 1.45 bits per heavy atom. The summed E-state index contributed by atoms with van der Waals surface area (Å²) >= 11 is 0. The largest absolute Gasteiger partial charge is 0.417 e. The molecule has 0 unspecified atom stereocenters. The minimum atomic E-state index is -5.03. The van der Waals surface area contributed by atoms with Gasteiger partial charge in [0, 0.05) is 5.39 Å². The minimum absolute atomic E-state index is 0.156. The normalized spacial score (nSPS) is 12.9. The molecule has 3 nitrogen and oxygen atoms in total. The third-order valence-electron chi connectivity index (χ3n) is 3.40. The van der Waals surface area contributed by atoms with Gasteiger partial charge in [-0.25, -0.2) is 0 Å². The smallest absolute Gasteiger partial charge is 0.282 e. The molecule has 0 radical (unpaired) electrons. The number of alkyl halides is 3. The van der Waals surface area contributed by atoms with Crippen molar-refractivity contribution in [1.82, 2.24) is 0 Å². The van der Waals surface area contributed by atoms with E-state index in [0.29, 0.717) is 16.8 Å². The van der Waals surface area contributed by atoms with E-state index < -0.39 is 26.8 Å². The molecule has 0 spiro atoms. The summed E-state index contributed by atoms with van der Waals surface area (Å²) in [5.74, 6) is 0. The number of hydrogen-bond acceptors (Lipinski definition) is 2. The monoisotopic (exact) mass is 326 g/mol. The predicted molar refractivity (Wildman–Crippen MR) is 76.3 cm³/mol. The van der Waals surface area contributed by atoms with E-state index in [9.17, 15) is 26.1 Å². The molecule has 0 saturated carbocycles. The van der Waals surface area contributed by atoms with Crippen molar-refractivity contribution in [2.24, 2.45) is 0 Å². The van der Waals surface area contributed by atoms with Gasteiger partial charge < -0.3 is 0 Å². The van der Waals surface area contributed by atoms with Crippen LogP contribution >= 0.6 is 0 Å². The van der Waals surface area contributed by atoms with Gasteiger partial charge in [-0.1, -0.05) is 30.3 Å². The maximum absolute atomic E-state index is 13.0. The zero-order valence-corrected chi connectivity index (χ0v) is 11.7. The molecule has 0 aliphatic heterocycles. The average Bonchev–Trinajstić information content (AvgIpc) is 2.41. The molecule has 3 aromatic rings. The number of fused-ring (bicyclic) bond motifs is 2. The van der Waals surface area contributed by atoms with Crippen molar-refractivity contribution in [3.8, 4) is 0 Å². The van der Waals surface area contributed by atoms with E-state index in [1.165, 1.54) is 12.1 Å². The van der Waals surface area contributed by atoms with E-state index in [1.54, 1.807) is 30.3 Å². The number of rotatable bonds is 1. The third-order valence-corrected chi connectivity index (χ3v) is 4.36. The van der Waals surface area contributed by atoms with Gasteiger partial charge in [0.1, 0.15) is 4.90 Å². The highest BCUT2D eigenvalue weighted by atomic mass is 32.2. The fourth-order valence-electron chi connectivity index (χ4n) is 2.49. The maximum atomic E-state index is 13.0. The van der Waals surface area contributed by atoms with Crippen LogP contribution in [0.3, 0.4) is 0 Å². The van der Waals surface area contributed by atoms with Crippen molar-refractivity contribution >= 4 is 31.7 Å². The predicted octanol–water partition coefficient (Wildman–Crippen LogP) is 4.26. The summed E-state index contributed by atoms with van der Waals surface area (Å²) in [4.78, 5) is -1.11. The summed E-state index contributed by atoms with van der Waals surface area (Å²) in [6.45, 7) is 0. The molecule has 7 heteroatoms. The third kappa shape index (κ3) is 2.42. The van der Waals surface area contributed by atoms with Gasteiger partial charge in [0.15, 0.2) is 0 Å². The summed E-state index contributed by atoms with van der Waals surface area (Å²) in [6.07, 6.45) is -4.88. The van der Waals surface area contributed by atoms with Crippen molar-refractivity contribution in [2.45, 2.75) is 11.1 Å². The van der Waals surface area contributed by atoms with Gasteiger partial charge >= 0.3 is 6.18 Å². The minimum Gasteiger partial charge on any atom is -0.282 e. The molecule has 3 rings (SSSR count). The molecule has 114 valence electrons. The van der Waals surface area contributed by atoms with Crippen LogP contribution in [0.15, 0.2) is 53.4 Å². The van der Waals surface area contributed by atoms with E-state index in [4.69, 9.17) is 0 Å². The first-order valence-electron chi connectivity index (χ1n) is 6.18. The molecular weight excluding hydrogens is 317 g/mol. The lowest BCUT2D eigenvalue weighted by atomic mass is 10.0. The second-order valence-corrected chi connectivity index (χ2v) is 6.19. The van der Waals surface area contributed by atoms with Gasteiger partial charge in [-0.05, 0) is 34.4 Å². The first kappa shape index (κ1) is 14.8. The fourth-order valence-corrected chi connectivity index (χ4v) is 3.40. The van der Waals surface area contributed by atoms with Crippen molar-refractivity contribution in [3.63, 3.8) is 0 Å². The van der Waals surface area contributed by atoms with Crippen molar-refractivity contribution in [2.75, 3.05) is 0 Å². The summed E-state index contributed by atoms with van der Waals surface area (Å²) < 4.78 is 71.4. The van der Waals surface area contributed by atoms with Crippen molar-refractivity contribution < 1.29 is 26.1 Å². The molecular formula is C15H9F3O3S. The number of benzene rings is 3. The second-order valence-electron chi connectivity index (χ2n) is 4.84.